The Morgan fingerprint density at radius 3 is 2.25 bits per heavy atom. The number of aromatic nitrogens is 2. The lowest BCUT2D eigenvalue weighted by atomic mass is 9.95. The molecule has 1 unspecified atom stereocenters. The molecule has 0 aliphatic carbocycles. The lowest BCUT2D eigenvalue weighted by Crippen LogP contribution is -2.33. The molecule has 1 aliphatic rings. The molecule has 3 atom stereocenters. The number of carbonyl (C=O) groups excluding carboxylic acids is 1. The molecule has 1 amide bonds. The van der Waals surface area contributed by atoms with Gasteiger partial charge in [-0.25, -0.2) is 22.8 Å². The van der Waals surface area contributed by atoms with Crippen LogP contribution >= 0.6 is 0 Å². The molecule has 8 nitrogen and oxygen atoms in total. The maximum Gasteiger partial charge on any atom is 0.416 e. The molecule has 1 saturated heterocycles. The van der Waals surface area contributed by atoms with Gasteiger partial charge in [-0.3, -0.25) is 4.79 Å². The zero-order valence-electron chi connectivity index (χ0n) is 21.5. The third-order valence-electron chi connectivity index (χ3n) is 6.97. The summed E-state index contributed by atoms with van der Waals surface area (Å²) in [6.45, 7) is 0.676. The van der Waals surface area contributed by atoms with Crippen molar-refractivity contribution in [1.29, 1.82) is 0 Å². The van der Waals surface area contributed by atoms with Crippen LogP contribution in [-0.2, 0) is 16.0 Å². The molecule has 4 rings (SSSR count). The second-order valence-electron chi connectivity index (χ2n) is 9.47. The van der Waals surface area contributed by atoms with Crippen LogP contribution in [0.5, 0.6) is 0 Å². The molecule has 0 radical (unpaired) electrons. The summed E-state index contributed by atoms with van der Waals surface area (Å²) in [5.74, 6) is -0.678. The Morgan fingerprint density at radius 1 is 1.10 bits per heavy atom. The summed E-state index contributed by atoms with van der Waals surface area (Å²) in [4.78, 5) is 23.0. The average Bonchev–Trinajstić information content (AvgIpc) is 3.40. The van der Waals surface area contributed by atoms with Gasteiger partial charge in [-0.2, -0.15) is 13.2 Å². The predicted molar refractivity (Wildman–Crippen MR) is 139 cm³/mol. The Morgan fingerprint density at radius 2 is 1.73 bits per heavy atom. The number of halogens is 4. The molecule has 0 saturated carbocycles. The second-order valence-corrected chi connectivity index (χ2v) is 11.7. The summed E-state index contributed by atoms with van der Waals surface area (Å²) < 4.78 is 76.6. The van der Waals surface area contributed by atoms with Crippen molar-refractivity contribution in [3.05, 3.63) is 83.2 Å². The van der Waals surface area contributed by atoms with Crippen molar-refractivity contribution in [1.82, 2.24) is 15.3 Å². The van der Waals surface area contributed by atoms with Gasteiger partial charge in [0, 0.05) is 24.9 Å². The number of aliphatic hydroxyl groups is 1. The smallest absolute Gasteiger partial charge is 0.394 e. The van der Waals surface area contributed by atoms with Crippen LogP contribution in [-0.4, -0.2) is 61.0 Å². The second kappa shape index (κ2) is 11.9. The standard InChI is InChI=1S/C27H28F4N4O4S/c1-2-40(38,39)23-9-5-18(6-10-23)24(16-36)34-25(37)20-13-32-26(33-14-20)35-15-19(11-22(35)12-28)17-3-7-21(8-4-17)27(29,30)31/h3-10,13-14,19,22,24,36H,2,11-12,15-16H2,1H3,(H,34,37)/t19?,22-,24-/m0/s1. The highest BCUT2D eigenvalue weighted by molar-refractivity contribution is 7.91. The number of hydrogen-bond acceptors (Lipinski definition) is 7. The maximum absolute atomic E-state index is 13.8. The fourth-order valence-electron chi connectivity index (χ4n) is 4.63. The van der Waals surface area contributed by atoms with Crippen LogP contribution in [0.1, 0.15) is 52.4 Å². The van der Waals surface area contributed by atoms with E-state index >= 15 is 0 Å². The number of hydrogen-bond donors (Lipinski definition) is 2. The van der Waals surface area contributed by atoms with Crippen LogP contribution in [0.25, 0.3) is 0 Å². The molecule has 40 heavy (non-hydrogen) atoms. The third kappa shape index (κ3) is 6.41. The lowest BCUT2D eigenvalue weighted by molar-refractivity contribution is -0.137. The van der Waals surface area contributed by atoms with E-state index in [2.05, 4.69) is 15.3 Å². The maximum atomic E-state index is 13.8. The van der Waals surface area contributed by atoms with Crippen molar-refractivity contribution in [3.63, 3.8) is 0 Å². The van der Waals surface area contributed by atoms with Crippen LogP contribution in [0.3, 0.4) is 0 Å². The van der Waals surface area contributed by atoms with Crippen LogP contribution in [0.4, 0.5) is 23.5 Å². The van der Waals surface area contributed by atoms with Gasteiger partial charge in [0.2, 0.25) is 5.95 Å². The van der Waals surface area contributed by atoms with Gasteiger partial charge in [-0.1, -0.05) is 31.2 Å². The molecule has 0 spiro atoms. The number of rotatable bonds is 9. The zero-order valence-corrected chi connectivity index (χ0v) is 22.3. The van der Waals surface area contributed by atoms with E-state index in [1.165, 1.54) is 55.7 Å². The Balaban J connectivity index is 1.43. The van der Waals surface area contributed by atoms with Gasteiger partial charge >= 0.3 is 6.18 Å². The predicted octanol–water partition coefficient (Wildman–Crippen LogP) is 4.08. The zero-order chi connectivity index (χ0) is 29.1. The van der Waals surface area contributed by atoms with E-state index in [1.54, 1.807) is 4.90 Å². The molecule has 3 aromatic rings. The highest BCUT2D eigenvalue weighted by atomic mass is 32.2. The summed E-state index contributed by atoms with van der Waals surface area (Å²) in [6.07, 6.45) is -1.54. The first-order chi connectivity index (χ1) is 19.0. The molecular formula is C27H28F4N4O4S. The Hall–Kier alpha value is -3.58. The molecule has 214 valence electrons. The van der Waals surface area contributed by atoms with Gasteiger partial charge in [0.05, 0.1) is 40.5 Å². The van der Waals surface area contributed by atoms with E-state index in [0.29, 0.717) is 24.1 Å². The fourth-order valence-corrected chi connectivity index (χ4v) is 5.51. The number of nitrogens with one attached hydrogen (secondary N) is 1. The van der Waals surface area contributed by atoms with Gasteiger partial charge in [-0.05, 0) is 41.8 Å². The highest BCUT2D eigenvalue weighted by Gasteiger charge is 2.36. The van der Waals surface area contributed by atoms with E-state index in [-0.39, 0.29) is 28.1 Å². The molecule has 13 heteroatoms. The Kier molecular flexibility index (Phi) is 8.74. The van der Waals surface area contributed by atoms with Crippen molar-refractivity contribution in [2.75, 3.05) is 30.5 Å². The lowest BCUT2D eigenvalue weighted by Gasteiger charge is -2.22. The van der Waals surface area contributed by atoms with Crippen LogP contribution < -0.4 is 10.2 Å². The average molecular weight is 581 g/mol. The molecule has 2 aromatic carbocycles. The monoisotopic (exact) mass is 580 g/mol. The largest absolute Gasteiger partial charge is 0.416 e. The number of amides is 1. The van der Waals surface area contributed by atoms with Gasteiger partial charge in [0.15, 0.2) is 9.84 Å². The summed E-state index contributed by atoms with van der Waals surface area (Å²) in [7, 11) is -3.39. The minimum absolute atomic E-state index is 0.0538. The van der Waals surface area contributed by atoms with Crippen molar-refractivity contribution in [3.8, 4) is 0 Å². The molecular weight excluding hydrogens is 552 g/mol. The highest BCUT2D eigenvalue weighted by Crippen LogP contribution is 2.36. The minimum Gasteiger partial charge on any atom is -0.394 e. The van der Waals surface area contributed by atoms with E-state index < -0.39 is 52.8 Å². The van der Waals surface area contributed by atoms with Gasteiger partial charge < -0.3 is 15.3 Å². The number of nitrogens with zero attached hydrogens (tertiary/aromatic N) is 3. The van der Waals surface area contributed by atoms with E-state index in [9.17, 15) is 35.9 Å². The first-order valence-corrected chi connectivity index (χ1v) is 14.2. The van der Waals surface area contributed by atoms with Crippen LogP contribution in [0, 0.1) is 0 Å². The number of aliphatic hydroxyl groups excluding tert-OH is 1. The van der Waals surface area contributed by atoms with Gasteiger partial charge in [0.25, 0.3) is 5.91 Å². The number of benzene rings is 2. The SMILES string of the molecule is CCS(=O)(=O)c1ccc([C@H](CO)NC(=O)c2cnc(N3CC(c4ccc(C(F)(F)F)cc4)C[C@H]3CF)nc2)cc1. The summed E-state index contributed by atoms with van der Waals surface area (Å²) >= 11 is 0. The number of carbonyl (C=O) groups is 1. The van der Waals surface area contributed by atoms with Crippen molar-refractivity contribution in [2.45, 2.75) is 42.4 Å². The van der Waals surface area contributed by atoms with Crippen LogP contribution in [0.2, 0.25) is 0 Å². The number of alkyl halides is 4. The van der Waals surface area contributed by atoms with E-state index in [0.717, 1.165) is 12.1 Å². The van der Waals surface area contributed by atoms with Crippen molar-refractivity contribution < 1.29 is 35.9 Å². The van der Waals surface area contributed by atoms with E-state index in [1.807, 2.05) is 0 Å². The third-order valence-corrected chi connectivity index (χ3v) is 8.72. The van der Waals surface area contributed by atoms with Crippen LogP contribution in [0.15, 0.2) is 65.8 Å². The Bertz CT molecular complexity index is 1420. The summed E-state index contributed by atoms with van der Waals surface area (Å²) in [5, 5.41) is 12.5. The topological polar surface area (TPSA) is 112 Å². The Labute approximate surface area is 229 Å². The van der Waals surface area contributed by atoms with Gasteiger partial charge in [-0.15, -0.1) is 0 Å². The number of anilines is 1. The van der Waals surface area contributed by atoms with Gasteiger partial charge in [0.1, 0.15) is 6.67 Å². The first kappa shape index (κ1) is 29.4. The molecule has 2 N–H and O–H groups in total. The molecule has 1 aromatic heterocycles. The number of sulfone groups is 1. The molecule has 0 bridgehead atoms. The summed E-state index contributed by atoms with van der Waals surface area (Å²) in [5.41, 5.74) is 0.485. The van der Waals surface area contributed by atoms with Crippen molar-refractivity contribution in [2.24, 2.45) is 0 Å². The minimum atomic E-state index is -4.44. The van der Waals surface area contributed by atoms with Crippen molar-refractivity contribution >= 4 is 21.7 Å². The quantitative estimate of drug-likeness (QED) is 0.367. The normalized spacial score (nSPS) is 18.5. The first-order valence-electron chi connectivity index (χ1n) is 12.5. The van der Waals surface area contributed by atoms with E-state index in [4.69, 9.17) is 0 Å². The summed E-state index contributed by atoms with van der Waals surface area (Å²) in [6, 6.07) is 9.27. The molecule has 1 aliphatic heterocycles. The molecule has 1 fully saturated rings. The fraction of sp³-hybridized carbons (Fsp3) is 0.370. The molecule has 2 heterocycles.